The molecule has 0 saturated carbocycles. The highest BCUT2D eigenvalue weighted by Gasteiger charge is 2.06. The van der Waals surface area contributed by atoms with Gasteiger partial charge in [-0.25, -0.2) is 8.78 Å². The Balaban J connectivity index is 1.73. The predicted molar refractivity (Wildman–Crippen MR) is 81.6 cm³/mol. The van der Waals surface area contributed by atoms with E-state index in [-0.39, 0.29) is 24.0 Å². The van der Waals surface area contributed by atoms with E-state index in [1.807, 2.05) is 0 Å². The van der Waals surface area contributed by atoms with Gasteiger partial charge in [0.05, 0.1) is 7.11 Å². The Kier molecular flexibility index (Phi) is 5.91. The highest BCUT2D eigenvalue weighted by atomic mass is 19.1. The molecule has 0 saturated heterocycles. The second-order valence-electron chi connectivity index (χ2n) is 4.81. The third-order valence-electron chi connectivity index (χ3n) is 3.12. The Labute approximate surface area is 133 Å². The van der Waals surface area contributed by atoms with E-state index in [0.717, 1.165) is 5.56 Å². The molecule has 0 unspecified atom stereocenters. The lowest BCUT2D eigenvalue weighted by atomic mass is 10.1. The lowest BCUT2D eigenvalue weighted by Gasteiger charge is -2.08. The zero-order valence-electron chi connectivity index (χ0n) is 12.6. The lowest BCUT2D eigenvalue weighted by Crippen LogP contribution is -2.30. The molecule has 0 spiro atoms. The number of hydrogen-bond donors (Lipinski definition) is 1. The van der Waals surface area contributed by atoms with Gasteiger partial charge in [0, 0.05) is 12.6 Å². The Hall–Kier alpha value is -2.63. The molecule has 0 aliphatic carbocycles. The number of ether oxygens (including phenoxy) is 2. The fraction of sp³-hybridized carbons (Fsp3) is 0.235. The maximum Gasteiger partial charge on any atom is 0.257 e. The molecule has 0 heterocycles. The van der Waals surface area contributed by atoms with Crippen molar-refractivity contribution in [3.05, 3.63) is 59.7 Å². The van der Waals surface area contributed by atoms with E-state index < -0.39 is 11.6 Å². The minimum absolute atomic E-state index is 0.182. The topological polar surface area (TPSA) is 47.6 Å². The van der Waals surface area contributed by atoms with E-state index in [1.165, 1.54) is 31.4 Å². The van der Waals surface area contributed by atoms with Crippen molar-refractivity contribution < 1.29 is 23.0 Å². The second-order valence-corrected chi connectivity index (χ2v) is 4.81. The van der Waals surface area contributed by atoms with Crippen molar-refractivity contribution in [3.8, 4) is 11.5 Å². The Bertz CT molecular complexity index is 677. The Morgan fingerprint density at radius 2 is 2.00 bits per heavy atom. The normalized spacial score (nSPS) is 10.2. The summed E-state index contributed by atoms with van der Waals surface area (Å²) in [6.07, 6.45) is 0.479. The molecule has 2 aromatic rings. The van der Waals surface area contributed by atoms with Gasteiger partial charge in [0.1, 0.15) is 11.6 Å². The number of nitrogens with one attached hydrogen (secondary N) is 1. The molecule has 4 nitrogen and oxygen atoms in total. The van der Waals surface area contributed by atoms with Crippen molar-refractivity contribution >= 4 is 5.91 Å². The van der Waals surface area contributed by atoms with Crippen molar-refractivity contribution in [1.82, 2.24) is 5.32 Å². The van der Waals surface area contributed by atoms with Gasteiger partial charge in [-0.15, -0.1) is 0 Å². The first-order valence-electron chi connectivity index (χ1n) is 7.06. The number of hydrogen-bond acceptors (Lipinski definition) is 3. The van der Waals surface area contributed by atoms with Gasteiger partial charge in [0.25, 0.3) is 5.91 Å². The Morgan fingerprint density at radius 1 is 1.17 bits per heavy atom. The van der Waals surface area contributed by atoms with Gasteiger partial charge in [0.2, 0.25) is 0 Å². The molecule has 0 aliphatic rings. The first-order valence-corrected chi connectivity index (χ1v) is 7.06. The van der Waals surface area contributed by atoms with Gasteiger partial charge in [-0.05, 0) is 36.2 Å². The lowest BCUT2D eigenvalue weighted by molar-refractivity contribution is -0.123. The van der Waals surface area contributed by atoms with E-state index in [2.05, 4.69) is 5.32 Å². The third-order valence-corrected chi connectivity index (χ3v) is 3.12. The minimum atomic E-state index is -0.439. The van der Waals surface area contributed by atoms with Crippen LogP contribution in [-0.2, 0) is 11.2 Å². The van der Waals surface area contributed by atoms with Crippen molar-refractivity contribution in [2.45, 2.75) is 6.42 Å². The number of carbonyl (C=O) groups is 1. The summed E-state index contributed by atoms with van der Waals surface area (Å²) in [4.78, 5) is 11.6. The smallest absolute Gasteiger partial charge is 0.257 e. The molecular formula is C17H17F2NO3. The van der Waals surface area contributed by atoms with Crippen LogP contribution in [0.4, 0.5) is 8.78 Å². The quantitative estimate of drug-likeness (QED) is 0.853. The number of methoxy groups -OCH3 is 1. The number of carbonyl (C=O) groups excluding carboxylic acids is 1. The monoisotopic (exact) mass is 321 g/mol. The number of amides is 1. The molecule has 0 aliphatic heterocycles. The fourth-order valence-electron chi connectivity index (χ4n) is 1.97. The Morgan fingerprint density at radius 3 is 2.70 bits per heavy atom. The molecule has 1 amide bonds. The van der Waals surface area contributed by atoms with Crippen LogP contribution in [0.3, 0.4) is 0 Å². The summed E-state index contributed by atoms with van der Waals surface area (Å²) in [5.41, 5.74) is 0.745. The molecule has 0 aromatic heterocycles. The molecule has 6 heteroatoms. The van der Waals surface area contributed by atoms with Crippen molar-refractivity contribution in [2.24, 2.45) is 0 Å². The van der Waals surface area contributed by atoms with Crippen molar-refractivity contribution in [3.63, 3.8) is 0 Å². The van der Waals surface area contributed by atoms with Gasteiger partial charge in [-0.1, -0.05) is 12.1 Å². The van der Waals surface area contributed by atoms with Gasteiger partial charge >= 0.3 is 0 Å². The number of rotatable bonds is 7. The van der Waals surface area contributed by atoms with Crippen LogP contribution in [0.25, 0.3) is 0 Å². The molecule has 23 heavy (non-hydrogen) atoms. The van der Waals surface area contributed by atoms with E-state index in [0.29, 0.717) is 13.0 Å². The molecule has 2 rings (SSSR count). The summed E-state index contributed by atoms with van der Waals surface area (Å²) in [5, 5.41) is 2.65. The zero-order chi connectivity index (χ0) is 16.7. The van der Waals surface area contributed by atoms with Gasteiger partial charge < -0.3 is 14.8 Å². The van der Waals surface area contributed by atoms with E-state index >= 15 is 0 Å². The highest BCUT2D eigenvalue weighted by Crippen LogP contribution is 2.17. The summed E-state index contributed by atoms with van der Waals surface area (Å²) in [7, 11) is 1.40. The largest absolute Gasteiger partial charge is 0.494 e. The van der Waals surface area contributed by atoms with Gasteiger partial charge in [-0.2, -0.15) is 0 Å². The fourth-order valence-corrected chi connectivity index (χ4v) is 1.97. The van der Waals surface area contributed by atoms with Crippen LogP contribution in [0, 0.1) is 11.6 Å². The summed E-state index contributed by atoms with van der Waals surface area (Å²) >= 11 is 0. The molecule has 0 atom stereocenters. The first kappa shape index (κ1) is 16.7. The molecule has 2 aromatic carbocycles. The van der Waals surface area contributed by atoms with Crippen molar-refractivity contribution in [2.75, 3.05) is 20.3 Å². The molecule has 1 N–H and O–H groups in total. The van der Waals surface area contributed by atoms with Crippen LogP contribution < -0.4 is 14.8 Å². The summed E-state index contributed by atoms with van der Waals surface area (Å²) in [6, 6.07) is 10.2. The average molecular weight is 321 g/mol. The number of halogens is 2. The molecule has 0 radical (unpaired) electrons. The van der Waals surface area contributed by atoms with Gasteiger partial charge in [0.15, 0.2) is 18.2 Å². The first-order chi connectivity index (χ1) is 11.1. The summed E-state index contributed by atoms with van der Waals surface area (Å²) in [5.74, 6) is -0.725. The predicted octanol–water partition coefficient (Wildman–Crippen LogP) is 2.71. The standard InChI is InChI=1S/C17H17F2NO3/c1-22-16-6-5-12(9-15(16)19)7-8-20-17(21)11-23-14-4-2-3-13(18)10-14/h2-6,9-10H,7-8,11H2,1H3,(H,20,21). The SMILES string of the molecule is COc1ccc(CCNC(=O)COc2cccc(F)c2)cc1F. The highest BCUT2D eigenvalue weighted by molar-refractivity contribution is 5.77. The van der Waals surface area contributed by atoms with Crippen LogP contribution in [0.15, 0.2) is 42.5 Å². The molecular weight excluding hydrogens is 304 g/mol. The third kappa shape index (κ3) is 5.25. The molecule has 0 bridgehead atoms. The molecule has 0 fully saturated rings. The van der Waals surface area contributed by atoms with Crippen LogP contribution in [0.5, 0.6) is 11.5 Å². The average Bonchev–Trinajstić information content (AvgIpc) is 2.53. The maximum atomic E-state index is 13.5. The van der Waals surface area contributed by atoms with E-state index in [1.54, 1.807) is 18.2 Å². The number of benzene rings is 2. The van der Waals surface area contributed by atoms with Crippen LogP contribution in [-0.4, -0.2) is 26.2 Å². The van der Waals surface area contributed by atoms with Crippen molar-refractivity contribution in [1.29, 1.82) is 0 Å². The van der Waals surface area contributed by atoms with E-state index in [4.69, 9.17) is 9.47 Å². The van der Waals surface area contributed by atoms with E-state index in [9.17, 15) is 13.6 Å². The molecule has 122 valence electrons. The zero-order valence-corrected chi connectivity index (χ0v) is 12.6. The minimum Gasteiger partial charge on any atom is -0.494 e. The summed E-state index contributed by atoms with van der Waals surface area (Å²) in [6.45, 7) is 0.136. The maximum absolute atomic E-state index is 13.5. The second kappa shape index (κ2) is 8.12. The van der Waals surface area contributed by atoms with Crippen LogP contribution in [0.1, 0.15) is 5.56 Å². The van der Waals surface area contributed by atoms with Crippen LogP contribution >= 0.6 is 0 Å². The summed E-state index contributed by atoms with van der Waals surface area (Å²) < 4.78 is 36.5. The van der Waals surface area contributed by atoms with Gasteiger partial charge in [-0.3, -0.25) is 4.79 Å². The van der Waals surface area contributed by atoms with Crippen LogP contribution in [0.2, 0.25) is 0 Å².